The molecule has 1 aromatic carbocycles. The summed E-state index contributed by atoms with van der Waals surface area (Å²) in [5.41, 5.74) is 14.4. The zero-order valence-corrected chi connectivity index (χ0v) is 19.2. The summed E-state index contributed by atoms with van der Waals surface area (Å²) in [6.07, 6.45) is 0.517. The lowest BCUT2D eigenvalue weighted by atomic mass is 9.88. The Morgan fingerprint density at radius 3 is 2.68 bits per heavy atom. The Morgan fingerprint density at radius 2 is 2.09 bits per heavy atom. The second kappa shape index (κ2) is 10.6. The van der Waals surface area contributed by atoms with Gasteiger partial charge in [-0.2, -0.15) is 8.78 Å². The van der Waals surface area contributed by atoms with E-state index < -0.39 is 18.8 Å². The lowest BCUT2D eigenvalue weighted by Gasteiger charge is -2.24. The van der Waals surface area contributed by atoms with Gasteiger partial charge in [-0.3, -0.25) is 0 Å². The van der Waals surface area contributed by atoms with E-state index in [2.05, 4.69) is 19.7 Å². The number of halogens is 2. The molecule has 0 saturated heterocycles. The van der Waals surface area contributed by atoms with Gasteiger partial charge in [0, 0.05) is 10.5 Å². The fourth-order valence-electron chi connectivity index (χ4n) is 3.27. The van der Waals surface area contributed by atoms with Gasteiger partial charge in [-0.25, -0.2) is 9.78 Å². The Kier molecular flexibility index (Phi) is 7.83. The number of hydrogen-bond donors (Lipinski definition) is 1. The van der Waals surface area contributed by atoms with E-state index in [1.165, 1.54) is 18.2 Å². The maximum atomic E-state index is 12.8. The highest BCUT2D eigenvalue weighted by atomic mass is 19.3. The van der Waals surface area contributed by atoms with Crippen LogP contribution >= 0.6 is 0 Å². The molecule has 10 nitrogen and oxygen atoms in total. The molecule has 1 fully saturated rings. The Labute approximate surface area is 195 Å². The van der Waals surface area contributed by atoms with Crippen LogP contribution < -0.4 is 15.2 Å². The third-order valence-corrected chi connectivity index (χ3v) is 4.94. The zero-order chi connectivity index (χ0) is 24.9. The van der Waals surface area contributed by atoms with E-state index in [1.807, 2.05) is 20.8 Å². The molecule has 1 aliphatic rings. The smallest absolute Gasteiger partial charge is 0.405 e. The van der Waals surface area contributed by atoms with Gasteiger partial charge in [0.05, 0.1) is 18.8 Å². The van der Waals surface area contributed by atoms with Crippen molar-refractivity contribution in [2.75, 3.05) is 6.61 Å². The number of amides is 1. The van der Waals surface area contributed by atoms with Gasteiger partial charge in [-0.05, 0) is 54.3 Å². The summed E-state index contributed by atoms with van der Waals surface area (Å²) in [4.78, 5) is 18.7. The standard InChI is InChI=1S/C22H27F2N5O5/c1-22(2,3)9-17(33-21(25)30)18-14(10-27-29-26)28-19(34-18)13-6-7-15(32-20(23)24)16(8-13)31-11-12-4-5-12/h6-8,12,17,20H,4-5,9-11H2,1-3H3,(H2,25,30)/t17-/m0/s1. The monoisotopic (exact) mass is 479 g/mol. The van der Waals surface area contributed by atoms with Crippen molar-refractivity contribution in [3.8, 4) is 23.0 Å². The van der Waals surface area contributed by atoms with Crippen molar-refractivity contribution in [1.82, 2.24) is 4.98 Å². The number of azide groups is 1. The number of nitrogens with zero attached hydrogens (tertiary/aromatic N) is 4. The SMILES string of the molecule is CC(C)(C)C[C@H](OC(N)=O)c1oc(-c2ccc(OC(F)F)c(OCC3CC3)c2)nc1CN=[N+]=[N-]. The van der Waals surface area contributed by atoms with Crippen molar-refractivity contribution < 1.29 is 32.2 Å². The number of carbonyl (C=O) groups excluding carboxylic acids is 1. The van der Waals surface area contributed by atoms with Crippen LogP contribution in [-0.4, -0.2) is 24.3 Å². The molecule has 184 valence electrons. The van der Waals surface area contributed by atoms with E-state index in [-0.39, 0.29) is 40.8 Å². The van der Waals surface area contributed by atoms with Crippen LogP contribution in [0.15, 0.2) is 27.7 Å². The van der Waals surface area contributed by atoms with Crippen LogP contribution in [0.1, 0.15) is 57.6 Å². The highest BCUT2D eigenvalue weighted by Crippen LogP contribution is 2.39. The minimum absolute atomic E-state index is 0.102. The number of ether oxygens (including phenoxy) is 3. The van der Waals surface area contributed by atoms with Gasteiger partial charge >= 0.3 is 12.7 Å². The molecule has 1 heterocycles. The number of nitrogens with two attached hydrogens (primary N) is 1. The van der Waals surface area contributed by atoms with Gasteiger partial charge in [-0.1, -0.05) is 25.9 Å². The largest absolute Gasteiger partial charge is 0.489 e. The number of carbonyl (C=O) groups is 1. The predicted molar refractivity (Wildman–Crippen MR) is 117 cm³/mol. The number of oxazole rings is 1. The van der Waals surface area contributed by atoms with E-state index in [0.29, 0.717) is 24.5 Å². The summed E-state index contributed by atoms with van der Waals surface area (Å²) in [5, 5.41) is 3.55. The maximum absolute atomic E-state index is 12.8. The Balaban J connectivity index is 2.00. The molecule has 34 heavy (non-hydrogen) atoms. The van der Waals surface area contributed by atoms with Crippen LogP contribution in [0.3, 0.4) is 0 Å². The summed E-state index contributed by atoms with van der Waals surface area (Å²) in [6.45, 7) is 3.04. The van der Waals surface area contributed by atoms with Crippen molar-refractivity contribution in [3.63, 3.8) is 0 Å². The van der Waals surface area contributed by atoms with E-state index in [0.717, 1.165) is 12.8 Å². The van der Waals surface area contributed by atoms with Gasteiger partial charge in [-0.15, -0.1) is 0 Å². The number of benzene rings is 1. The van der Waals surface area contributed by atoms with Crippen LogP contribution in [0.2, 0.25) is 0 Å². The summed E-state index contributed by atoms with van der Waals surface area (Å²) in [5.74, 6) is 0.689. The third-order valence-electron chi connectivity index (χ3n) is 4.94. The van der Waals surface area contributed by atoms with Crippen LogP contribution in [0.25, 0.3) is 21.9 Å². The minimum atomic E-state index is -3.01. The lowest BCUT2D eigenvalue weighted by molar-refractivity contribution is -0.0515. The molecule has 2 aromatic rings. The van der Waals surface area contributed by atoms with E-state index in [1.54, 1.807) is 0 Å². The fraction of sp³-hybridized carbons (Fsp3) is 0.545. The molecule has 1 aromatic heterocycles. The van der Waals surface area contributed by atoms with Crippen molar-refractivity contribution in [1.29, 1.82) is 0 Å². The summed E-state index contributed by atoms with van der Waals surface area (Å²) < 4.78 is 47.2. The Bertz CT molecular complexity index is 1060. The Hall–Kier alpha value is -3.53. The van der Waals surface area contributed by atoms with Crippen LogP contribution in [-0.2, 0) is 11.3 Å². The van der Waals surface area contributed by atoms with Crippen LogP contribution in [0, 0.1) is 11.3 Å². The molecule has 1 amide bonds. The molecule has 0 aliphatic heterocycles. The number of primary amides is 1. The molecule has 1 saturated carbocycles. The zero-order valence-electron chi connectivity index (χ0n) is 19.2. The molecule has 0 bridgehead atoms. The first-order valence-electron chi connectivity index (χ1n) is 10.7. The molecule has 0 unspecified atom stereocenters. The second-order valence-corrected chi connectivity index (χ2v) is 9.20. The van der Waals surface area contributed by atoms with Crippen molar-refractivity contribution >= 4 is 6.09 Å². The fourth-order valence-corrected chi connectivity index (χ4v) is 3.27. The van der Waals surface area contributed by atoms with Gasteiger partial charge < -0.3 is 24.4 Å². The van der Waals surface area contributed by atoms with Crippen LogP contribution in [0.4, 0.5) is 13.6 Å². The van der Waals surface area contributed by atoms with Gasteiger partial charge in [0.2, 0.25) is 5.89 Å². The molecule has 3 rings (SSSR count). The summed E-state index contributed by atoms with van der Waals surface area (Å²) in [7, 11) is 0. The van der Waals surface area contributed by atoms with E-state index in [9.17, 15) is 13.6 Å². The molecule has 1 atom stereocenters. The summed E-state index contributed by atoms with van der Waals surface area (Å²) in [6, 6.07) is 4.32. The number of hydrogen-bond acceptors (Lipinski definition) is 7. The molecule has 0 spiro atoms. The van der Waals surface area contributed by atoms with Gasteiger partial charge in [0.1, 0.15) is 0 Å². The average Bonchev–Trinajstić information content (AvgIpc) is 3.46. The van der Waals surface area contributed by atoms with Gasteiger partial charge in [0.25, 0.3) is 0 Å². The normalized spacial score (nSPS) is 14.4. The minimum Gasteiger partial charge on any atom is -0.489 e. The summed E-state index contributed by atoms with van der Waals surface area (Å²) >= 11 is 0. The molecule has 12 heteroatoms. The van der Waals surface area contributed by atoms with Gasteiger partial charge in [0.15, 0.2) is 23.4 Å². The third kappa shape index (κ3) is 7.24. The highest BCUT2D eigenvalue weighted by molar-refractivity contribution is 5.65. The predicted octanol–water partition coefficient (Wildman–Crippen LogP) is 6.11. The van der Waals surface area contributed by atoms with E-state index in [4.69, 9.17) is 25.2 Å². The first kappa shape index (κ1) is 25.1. The lowest BCUT2D eigenvalue weighted by Crippen LogP contribution is -2.22. The number of aromatic nitrogens is 1. The molecule has 1 aliphatic carbocycles. The second-order valence-electron chi connectivity index (χ2n) is 9.20. The molecular weight excluding hydrogens is 452 g/mol. The molecular formula is C22H27F2N5O5. The average molecular weight is 479 g/mol. The topological polar surface area (TPSA) is 146 Å². The number of alkyl halides is 2. The maximum Gasteiger partial charge on any atom is 0.405 e. The van der Waals surface area contributed by atoms with E-state index >= 15 is 0 Å². The number of rotatable bonds is 11. The van der Waals surface area contributed by atoms with Crippen molar-refractivity contribution in [2.24, 2.45) is 22.2 Å². The molecule has 0 radical (unpaired) electrons. The molecule has 2 N–H and O–H groups in total. The van der Waals surface area contributed by atoms with Crippen molar-refractivity contribution in [3.05, 3.63) is 40.1 Å². The van der Waals surface area contributed by atoms with Crippen LogP contribution in [0.5, 0.6) is 11.5 Å². The first-order chi connectivity index (χ1) is 16.1. The highest BCUT2D eigenvalue weighted by Gasteiger charge is 2.30. The first-order valence-corrected chi connectivity index (χ1v) is 10.7. The quantitative estimate of drug-likeness (QED) is 0.233. The van der Waals surface area contributed by atoms with Crippen molar-refractivity contribution in [2.45, 2.75) is 59.3 Å². The Morgan fingerprint density at radius 1 is 1.35 bits per heavy atom.